The van der Waals surface area contributed by atoms with Gasteiger partial charge in [0.1, 0.15) is 23.7 Å². The van der Waals surface area contributed by atoms with E-state index in [1.54, 1.807) is 0 Å². The molecule has 6 fully saturated rings. The van der Waals surface area contributed by atoms with E-state index in [0.717, 1.165) is 57.1 Å². The Hall–Kier alpha value is 0.0978. The van der Waals surface area contributed by atoms with E-state index >= 15 is 0 Å². The van der Waals surface area contributed by atoms with E-state index in [1.807, 2.05) is 13.8 Å². The topological polar surface area (TPSA) is 171 Å². The molecule has 10 nitrogen and oxygen atoms in total. The van der Waals surface area contributed by atoms with E-state index in [2.05, 4.69) is 26.7 Å². The van der Waals surface area contributed by atoms with Gasteiger partial charge in [0.05, 0.1) is 30.1 Å². The van der Waals surface area contributed by atoms with Gasteiger partial charge in [0, 0.05) is 94.5 Å². The number of esters is 2. The van der Waals surface area contributed by atoms with Crippen LogP contribution in [0.2, 0.25) is 0 Å². The third kappa shape index (κ3) is 5.54. The van der Waals surface area contributed by atoms with Crippen LogP contribution in [-0.2, 0) is 89.3 Å². The second-order valence-corrected chi connectivity index (χ2v) is 16.2. The van der Waals surface area contributed by atoms with Crippen molar-refractivity contribution < 1.29 is 115 Å². The van der Waals surface area contributed by atoms with Crippen molar-refractivity contribution in [3.05, 3.63) is 35.5 Å². The molecule has 0 amide bonds. The first kappa shape index (κ1) is 39.3. The number of carbonyl (C=O) groups is 3. The second-order valence-electron chi connectivity index (χ2n) is 16.2. The van der Waals surface area contributed by atoms with E-state index in [-0.39, 0.29) is 107 Å². The maximum absolute atomic E-state index is 12.6. The number of allylic oxidation sites excluding steroid dienone is 4. The Morgan fingerprint density at radius 2 is 1.12 bits per heavy atom. The maximum Gasteiger partial charge on any atom is 0.315 e. The van der Waals surface area contributed by atoms with Crippen LogP contribution in [0.3, 0.4) is 0 Å². The first-order valence-electron chi connectivity index (χ1n) is 17.1. The minimum absolute atomic E-state index is 0. The van der Waals surface area contributed by atoms with Gasteiger partial charge in [-0.25, -0.2) is 0 Å². The molecule has 0 aromatic heterocycles. The number of carbonyl (C=O) groups excluding carboxylic acids is 3. The summed E-state index contributed by atoms with van der Waals surface area (Å²) < 4.78 is 11.5. The van der Waals surface area contributed by atoms with Crippen molar-refractivity contribution in [1.82, 2.24) is 0 Å². The summed E-state index contributed by atoms with van der Waals surface area (Å²) in [5.74, 6) is -1.25. The van der Waals surface area contributed by atoms with Gasteiger partial charge >= 0.3 is 11.9 Å². The average Bonchev–Trinajstić information content (AvgIpc) is 3.61. The average molecular weight is 819 g/mol. The molecule has 0 spiro atoms. The fourth-order valence-electron chi connectivity index (χ4n) is 10.9. The van der Waals surface area contributed by atoms with Crippen molar-refractivity contribution in [2.24, 2.45) is 45.3 Å². The van der Waals surface area contributed by atoms with Crippen molar-refractivity contribution in [3.63, 3.8) is 0 Å². The first-order valence-corrected chi connectivity index (χ1v) is 17.1. The third-order valence-electron chi connectivity index (χ3n) is 14.0. The van der Waals surface area contributed by atoms with E-state index < -0.39 is 64.9 Å². The number of aliphatic hydroxyl groups excluding tert-OH is 5. The minimum Gasteiger partial charge on any atom is -0.431 e. The van der Waals surface area contributed by atoms with Crippen molar-refractivity contribution in [1.29, 1.82) is 0 Å². The van der Waals surface area contributed by atoms with Crippen molar-refractivity contribution in [2.75, 3.05) is 0 Å². The Morgan fingerprint density at radius 1 is 0.667 bits per heavy atom. The van der Waals surface area contributed by atoms with Gasteiger partial charge in [-0.3, -0.25) is 14.4 Å². The van der Waals surface area contributed by atoms with Gasteiger partial charge in [-0.05, 0) is 19.3 Å². The normalized spacial score (nSPS) is 48.9. The van der Waals surface area contributed by atoms with Crippen LogP contribution in [-0.4, -0.2) is 73.8 Å². The van der Waals surface area contributed by atoms with Crippen LogP contribution >= 0.6 is 0 Å². The molecule has 13 unspecified atom stereocenters. The Bertz CT molecular complexity index is 1430. The fourth-order valence-corrected chi connectivity index (χ4v) is 10.9. The summed E-state index contributed by atoms with van der Waals surface area (Å²) in [5, 5.41) is 51.6. The standard InChI is InChI=1S/C18H25O5.C18H23O5.2Y/c2*1-17-6-3-4-9(17)14-10(5-7-17)18(2)11(16(22)23-14)8-12(19)13(20)15(18)21;;/h6,10-13,15,19-21H,3-5,7-8H2,1-2H3;6,10-11,13,15,20-21H,3-5,7-8H2,1-2H3;;/q2*-1;;. The largest absolute Gasteiger partial charge is 0.431 e. The third-order valence-corrected chi connectivity index (χ3v) is 14.0. The molecule has 2 aliphatic heterocycles. The van der Waals surface area contributed by atoms with Gasteiger partial charge in [0.15, 0.2) is 5.78 Å². The smallest absolute Gasteiger partial charge is 0.315 e. The zero-order valence-electron chi connectivity index (χ0n) is 28.4. The van der Waals surface area contributed by atoms with Crippen LogP contribution < -0.4 is 0 Å². The number of Topliss-reactive ketones (excluding diaryl/α,β-unsaturated/α-hetero) is 1. The number of hydrogen-bond donors (Lipinski definition) is 5. The Balaban J connectivity index is 0.000000180. The molecule has 2 saturated heterocycles. The molecule has 2 radical (unpaired) electrons. The molecule has 48 heavy (non-hydrogen) atoms. The van der Waals surface area contributed by atoms with Crippen LogP contribution in [0.1, 0.15) is 91.9 Å². The molecule has 4 saturated carbocycles. The van der Waals surface area contributed by atoms with Crippen LogP contribution in [0.15, 0.2) is 22.7 Å². The first-order chi connectivity index (χ1) is 21.6. The number of fused-ring (bicyclic) bond motifs is 8. The van der Waals surface area contributed by atoms with Gasteiger partial charge < -0.3 is 47.8 Å². The predicted molar refractivity (Wildman–Crippen MR) is 162 cm³/mol. The summed E-state index contributed by atoms with van der Waals surface area (Å²) >= 11 is 0. The monoisotopic (exact) mass is 818 g/mol. The van der Waals surface area contributed by atoms with E-state index in [4.69, 9.17) is 9.47 Å². The van der Waals surface area contributed by atoms with Gasteiger partial charge in [0.25, 0.3) is 0 Å². The van der Waals surface area contributed by atoms with Crippen LogP contribution in [0.4, 0.5) is 0 Å². The van der Waals surface area contributed by atoms with Crippen molar-refractivity contribution in [2.45, 2.75) is 122 Å². The second kappa shape index (κ2) is 13.5. The number of ketones is 1. The number of ether oxygens (including phenoxy) is 2. The Kier molecular flexibility index (Phi) is 11.1. The zero-order chi connectivity index (χ0) is 33.1. The van der Waals surface area contributed by atoms with E-state index in [1.165, 1.54) is 11.1 Å². The summed E-state index contributed by atoms with van der Waals surface area (Å²) in [7, 11) is 0. The van der Waals surface area contributed by atoms with Crippen molar-refractivity contribution >= 4 is 17.7 Å². The summed E-state index contributed by atoms with van der Waals surface area (Å²) in [6, 6.07) is 0. The molecule has 5 N–H and O–H groups in total. The molecular weight excluding hydrogens is 770 g/mol. The van der Waals surface area contributed by atoms with Crippen LogP contribution in [0.5, 0.6) is 0 Å². The number of aliphatic hydroxyl groups is 5. The maximum atomic E-state index is 12.6. The molecule has 6 aliphatic carbocycles. The number of rotatable bonds is 0. The molecule has 2 heterocycles. The molecule has 0 bridgehead atoms. The molecular formula is C36H48O10Y2-2. The molecule has 12 heteroatoms. The van der Waals surface area contributed by atoms with Gasteiger partial charge in [-0.2, -0.15) is 12.8 Å². The SMILES string of the molecule is CC12[CH-]CCC1=C1OC(=O)C3CC(=O)C(O)C(O)C3(C)C1CC2.CC12[CH-]CCC1=C1OC(=O)C3CC(O)C(O)C(O)C3(C)C1CC2.[Y].[Y]. The molecule has 8 rings (SSSR count). The quantitative estimate of drug-likeness (QED) is 0.181. The molecule has 13 atom stereocenters. The van der Waals surface area contributed by atoms with Crippen LogP contribution in [0.25, 0.3) is 0 Å². The summed E-state index contributed by atoms with van der Waals surface area (Å²) in [4.78, 5) is 37.1. The van der Waals surface area contributed by atoms with Gasteiger partial charge in [-0.1, -0.05) is 64.5 Å². The molecule has 260 valence electrons. The van der Waals surface area contributed by atoms with Gasteiger partial charge in [0.2, 0.25) is 0 Å². The molecule has 0 aromatic carbocycles. The fraction of sp³-hybridized carbons (Fsp3) is 0.750. The van der Waals surface area contributed by atoms with Gasteiger partial charge in [-0.15, -0.1) is 10.8 Å². The zero-order valence-corrected chi connectivity index (χ0v) is 34.0. The summed E-state index contributed by atoms with van der Waals surface area (Å²) in [6.45, 7) is 8.09. The number of hydrogen-bond acceptors (Lipinski definition) is 10. The Morgan fingerprint density at radius 3 is 1.62 bits per heavy atom. The molecule has 0 aromatic rings. The Labute approximate surface area is 333 Å². The van der Waals surface area contributed by atoms with E-state index in [0.29, 0.717) is 5.76 Å². The van der Waals surface area contributed by atoms with Crippen molar-refractivity contribution in [3.8, 4) is 0 Å². The minimum atomic E-state index is -1.41. The molecule has 8 aliphatic rings. The van der Waals surface area contributed by atoms with Crippen LogP contribution in [0, 0.1) is 58.2 Å². The summed E-state index contributed by atoms with van der Waals surface area (Å²) in [6.07, 6.45) is 5.95. The predicted octanol–water partition coefficient (Wildman–Crippen LogP) is 2.84. The summed E-state index contributed by atoms with van der Waals surface area (Å²) in [5.41, 5.74) is 0.709. The van der Waals surface area contributed by atoms with E-state index in [9.17, 15) is 39.9 Å².